The van der Waals surface area contributed by atoms with Crippen LogP contribution in [0.5, 0.6) is 0 Å². The molecule has 0 aliphatic rings. The number of rotatable bonds is 5. The molecule has 1 amide bonds. The highest BCUT2D eigenvalue weighted by molar-refractivity contribution is 5.92. The maximum Gasteiger partial charge on any atom is 0.416 e. The number of amides is 1. The van der Waals surface area contributed by atoms with Crippen LogP contribution in [-0.4, -0.2) is 15.3 Å². The van der Waals surface area contributed by atoms with Crippen molar-refractivity contribution in [3.8, 4) is 0 Å². The van der Waals surface area contributed by atoms with Crippen molar-refractivity contribution in [3.05, 3.63) is 65.2 Å². The molecule has 3 aromatic rings. The van der Waals surface area contributed by atoms with Crippen molar-refractivity contribution in [3.63, 3.8) is 0 Å². The Balaban J connectivity index is 1.98. The minimum atomic E-state index is -4.42. The van der Waals surface area contributed by atoms with Gasteiger partial charge in [-0.3, -0.25) is 9.20 Å². The average molecular weight is 407 g/mol. The van der Waals surface area contributed by atoms with Crippen molar-refractivity contribution in [2.24, 2.45) is 11.8 Å². The lowest BCUT2D eigenvalue weighted by Gasteiger charge is -2.15. The lowest BCUT2D eigenvalue weighted by atomic mass is 9.97. The first-order valence-electron chi connectivity index (χ1n) is 9.19. The quantitative estimate of drug-likeness (QED) is 0.583. The first-order chi connectivity index (χ1) is 13.6. The first-order valence-corrected chi connectivity index (χ1v) is 9.19. The molecule has 2 heterocycles. The van der Waals surface area contributed by atoms with Gasteiger partial charge in [-0.2, -0.15) is 13.2 Å². The summed E-state index contributed by atoms with van der Waals surface area (Å²) in [6.45, 7) is 5.64. The molecule has 2 aromatic heterocycles. The number of nitrogens with one attached hydrogen (secondary N) is 1. The summed E-state index contributed by atoms with van der Waals surface area (Å²) in [5.41, 5.74) is 0.755. The first kappa shape index (κ1) is 20.8. The van der Waals surface area contributed by atoms with E-state index in [2.05, 4.69) is 10.3 Å². The van der Waals surface area contributed by atoms with Gasteiger partial charge in [0.1, 0.15) is 11.5 Å². The number of fused-ring (bicyclic) bond motifs is 1. The van der Waals surface area contributed by atoms with E-state index in [1.807, 2.05) is 13.8 Å². The van der Waals surface area contributed by atoms with Crippen LogP contribution in [0.25, 0.3) is 5.65 Å². The standard InChI is InChI=1S/C21H21F4N3O/c1-12(2)13(3)20(29)27-19-17(28-11-16(22)8-9-18(28)26-19)10-14-4-6-15(7-5-14)21(23,24)25/h4-9,11-13H,10H2,1-3H3,(H,27,29). The number of hydrogen-bond donors (Lipinski definition) is 1. The zero-order valence-corrected chi connectivity index (χ0v) is 16.2. The second kappa shape index (κ2) is 7.85. The Morgan fingerprint density at radius 1 is 1.10 bits per heavy atom. The molecular weight excluding hydrogens is 386 g/mol. The van der Waals surface area contributed by atoms with Gasteiger partial charge in [0.2, 0.25) is 5.91 Å². The zero-order valence-electron chi connectivity index (χ0n) is 16.2. The minimum absolute atomic E-state index is 0.114. The highest BCUT2D eigenvalue weighted by Crippen LogP contribution is 2.30. The largest absolute Gasteiger partial charge is 0.416 e. The van der Waals surface area contributed by atoms with Crippen LogP contribution < -0.4 is 5.32 Å². The molecule has 29 heavy (non-hydrogen) atoms. The fourth-order valence-corrected chi connectivity index (χ4v) is 2.87. The van der Waals surface area contributed by atoms with Crippen molar-refractivity contribution >= 4 is 17.4 Å². The fourth-order valence-electron chi connectivity index (χ4n) is 2.87. The van der Waals surface area contributed by atoms with E-state index in [0.29, 0.717) is 16.9 Å². The molecule has 0 saturated carbocycles. The number of nitrogens with zero attached hydrogens (tertiary/aromatic N) is 2. The summed E-state index contributed by atoms with van der Waals surface area (Å²) in [5.74, 6) is -0.596. The van der Waals surface area contributed by atoms with Gasteiger partial charge in [0.25, 0.3) is 0 Å². The second-order valence-electron chi connectivity index (χ2n) is 7.38. The molecule has 1 atom stereocenters. The van der Waals surface area contributed by atoms with Gasteiger partial charge < -0.3 is 5.32 Å². The Morgan fingerprint density at radius 3 is 2.34 bits per heavy atom. The third-order valence-electron chi connectivity index (χ3n) is 4.99. The average Bonchev–Trinajstić information content (AvgIpc) is 2.97. The van der Waals surface area contributed by atoms with Crippen molar-refractivity contribution in [2.75, 3.05) is 5.32 Å². The van der Waals surface area contributed by atoms with E-state index in [1.165, 1.54) is 34.9 Å². The molecule has 0 bridgehead atoms. The fraction of sp³-hybridized carbons (Fsp3) is 0.333. The van der Waals surface area contributed by atoms with Gasteiger partial charge in [-0.05, 0) is 35.7 Å². The van der Waals surface area contributed by atoms with Crippen molar-refractivity contribution in [2.45, 2.75) is 33.4 Å². The normalized spacial score (nSPS) is 13.1. The lowest BCUT2D eigenvalue weighted by molar-refractivity contribution is -0.137. The van der Waals surface area contributed by atoms with Crippen LogP contribution in [0.2, 0.25) is 0 Å². The minimum Gasteiger partial charge on any atom is -0.309 e. The van der Waals surface area contributed by atoms with E-state index in [0.717, 1.165) is 12.1 Å². The predicted octanol–water partition coefficient (Wildman–Crippen LogP) is 5.31. The van der Waals surface area contributed by atoms with Gasteiger partial charge in [0.05, 0.1) is 11.3 Å². The highest BCUT2D eigenvalue weighted by Gasteiger charge is 2.30. The summed E-state index contributed by atoms with van der Waals surface area (Å²) in [7, 11) is 0. The van der Waals surface area contributed by atoms with Gasteiger partial charge in [-0.1, -0.05) is 32.9 Å². The number of imidazole rings is 1. The maximum absolute atomic E-state index is 13.8. The SMILES string of the molecule is CC(C)C(C)C(=O)Nc1nc2ccc(F)cn2c1Cc1ccc(C(F)(F)F)cc1. The molecule has 1 N–H and O–H groups in total. The number of aromatic nitrogens is 2. The Bertz CT molecular complexity index is 1020. The number of alkyl halides is 3. The van der Waals surface area contributed by atoms with Gasteiger partial charge >= 0.3 is 6.18 Å². The van der Waals surface area contributed by atoms with Crippen LogP contribution in [0.4, 0.5) is 23.4 Å². The van der Waals surface area contributed by atoms with Crippen LogP contribution in [0, 0.1) is 17.7 Å². The molecule has 0 aliphatic carbocycles. The lowest BCUT2D eigenvalue weighted by Crippen LogP contribution is -2.25. The number of halogens is 4. The molecule has 3 rings (SSSR count). The Labute approximate surface area is 165 Å². The van der Waals surface area contributed by atoms with Gasteiger partial charge in [0.15, 0.2) is 5.82 Å². The van der Waals surface area contributed by atoms with E-state index < -0.39 is 17.6 Å². The van der Waals surface area contributed by atoms with Crippen molar-refractivity contribution in [1.82, 2.24) is 9.38 Å². The van der Waals surface area contributed by atoms with Crippen LogP contribution >= 0.6 is 0 Å². The van der Waals surface area contributed by atoms with E-state index >= 15 is 0 Å². The second-order valence-corrected chi connectivity index (χ2v) is 7.38. The van der Waals surface area contributed by atoms with E-state index in [4.69, 9.17) is 0 Å². The van der Waals surface area contributed by atoms with Gasteiger partial charge in [0, 0.05) is 18.5 Å². The molecule has 154 valence electrons. The summed E-state index contributed by atoms with van der Waals surface area (Å²) in [5, 5.41) is 2.78. The summed E-state index contributed by atoms with van der Waals surface area (Å²) in [4.78, 5) is 16.9. The molecule has 8 heteroatoms. The molecule has 0 spiro atoms. The van der Waals surface area contributed by atoms with E-state index in [1.54, 1.807) is 6.92 Å². The monoisotopic (exact) mass is 407 g/mol. The van der Waals surface area contributed by atoms with Crippen LogP contribution in [0.15, 0.2) is 42.6 Å². The van der Waals surface area contributed by atoms with Crippen molar-refractivity contribution < 1.29 is 22.4 Å². The topological polar surface area (TPSA) is 46.4 Å². The summed E-state index contributed by atoms with van der Waals surface area (Å²) in [6.07, 6.45) is -3.01. The third kappa shape index (κ3) is 4.58. The number of hydrogen-bond acceptors (Lipinski definition) is 2. The smallest absolute Gasteiger partial charge is 0.309 e. The van der Waals surface area contributed by atoms with E-state index in [9.17, 15) is 22.4 Å². The molecule has 0 radical (unpaired) electrons. The van der Waals surface area contributed by atoms with Crippen LogP contribution in [0.1, 0.15) is 37.6 Å². The molecular formula is C21H21F4N3O. The van der Waals surface area contributed by atoms with Crippen LogP contribution in [0.3, 0.4) is 0 Å². The number of pyridine rings is 1. The predicted molar refractivity (Wildman–Crippen MR) is 102 cm³/mol. The highest BCUT2D eigenvalue weighted by atomic mass is 19.4. The Morgan fingerprint density at radius 2 is 1.76 bits per heavy atom. The molecule has 0 saturated heterocycles. The third-order valence-corrected chi connectivity index (χ3v) is 4.99. The number of carbonyl (C=O) groups is 1. The molecule has 4 nitrogen and oxygen atoms in total. The number of benzene rings is 1. The maximum atomic E-state index is 13.8. The summed E-state index contributed by atoms with van der Waals surface area (Å²) < 4.78 is 53.7. The molecule has 1 unspecified atom stereocenters. The summed E-state index contributed by atoms with van der Waals surface area (Å²) in [6, 6.07) is 7.46. The van der Waals surface area contributed by atoms with Gasteiger partial charge in [-0.25, -0.2) is 9.37 Å². The Kier molecular flexibility index (Phi) is 5.64. The molecule has 1 aromatic carbocycles. The number of anilines is 1. The van der Waals surface area contributed by atoms with Gasteiger partial charge in [-0.15, -0.1) is 0 Å². The summed E-state index contributed by atoms with van der Waals surface area (Å²) >= 11 is 0. The Hall–Kier alpha value is -2.90. The van der Waals surface area contributed by atoms with Crippen molar-refractivity contribution in [1.29, 1.82) is 0 Å². The molecule has 0 aliphatic heterocycles. The van der Waals surface area contributed by atoms with Crippen LogP contribution in [-0.2, 0) is 17.4 Å². The zero-order chi connectivity index (χ0) is 21.3. The van der Waals surface area contributed by atoms with E-state index in [-0.39, 0.29) is 30.0 Å². The number of carbonyl (C=O) groups excluding carboxylic acids is 1. The molecule has 0 fully saturated rings.